The summed E-state index contributed by atoms with van der Waals surface area (Å²) in [5.74, 6) is -0.0256. The smallest absolute Gasteiger partial charge is 0.253 e. The maximum absolute atomic E-state index is 13.1. The highest BCUT2D eigenvalue weighted by Crippen LogP contribution is 2.28. The maximum Gasteiger partial charge on any atom is 0.253 e. The van der Waals surface area contributed by atoms with Crippen LogP contribution in [0.1, 0.15) is 22.3 Å². The van der Waals surface area contributed by atoms with Crippen molar-refractivity contribution in [2.24, 2.45) is 0 Å². The average molecular weight is 427 g/mol. The van der Waals surface area contributed by atoms with Crippen LogP contribution in [0.2, 0.25) is 0 Å². The third-order valence-electron chi connectivity index (χ3n) is 4.83. The van der Waals surface area contributed by atoms with E-state index >= 15 is 0 Å². The quantitative estimate of drug-likeness (QED) is 0.233. The topological polar surface area (TPSA) is 144 Å². The van der Waals surface area contributed by atoms with E-state index in [0.29, 0.717) is 16.9 Å². The molecule has 0 fully saturated rings. The monoisotopic (exact) mass is 427 g/mol. The fourth-order valence-corrected chi connectivity index (χ4v) is 3.38. The molecule has 0 aliphatic carbocycles. The van der Waals surface area contributed by atoms with Crippen molar-refractivity contribution in [2.45, 2.75) is 18.8 Å². The average Bonchev–Trinajstić information content (AvgIpc) is 3.17. The predicted molar refractivity (Wildman–Crippen MR) is 113 cm³/mol. The number of fused-ring (bicyclic) bond motifs is 1. The molecule has 0 saturated carbocycles. The number of amides is 1. The molecule has 1 aromatic carbocycles. The van der Waals surface area contributed by atoms with Gasteiger partial charge in [-0.2, -0.15) is 5.06 Å². The van der Waals surface area contributed by atoms with Gasteiger partial charge >= 0.3 is 0 Å². The number of aromatic nitrogens is 3. The standard InChI is InChI=1S/C21H25N5O5/c1-2-14-5-3-6-17-19(14)16(13-25(17)21-22-7-4-8-23-21)20(30)24-12-15(11-18(28)29)26(31)9-10-27/h2-8,13,15,18,27-29,31H,1,9-12H2,(H,24,30). The Bertz CT molecular complexity index is 1040. The van der Waals surface area contributed by atoms with Gasteiger partial charge in [0, 0.05) is 43.5 Å². The molecular weight excluding hydrogens is 402 g/mol. The van der Waals surface area contributed by atoms with E-state index in [0.717, 1.165) is 16.1 Å². The van der Waals surface area contributed by atoms with Crippen LogP contribution in [0, 0.1) is 0 Å². The highest BCUT2D eigenvalue weighted by atomic mass is 16.5. The van der Waals surface area contributed by atoms with Crippen molar-refractivity contribution in [3.05, 3.63) is 60.6 Å². The summed E-state index contributed by atoms with van der Waals surface area (Å²) in [4.78, 5) is 21.6. The molecule has 2 heterocycles. The van der Waals surface area contributed by atoms with E-state index in [1.165, 1.54) is 0 Å². The molecule has 3 rings (SSSR count). The second-order valence-electron chi connectivity index (χ2n) is 6.87. The summed E-state index contributed by atoms with van der Waals surface area (Å²) < 4.78 is 1.70. The fraction of sp³-hybridized carbons (Fsp3) is 0.286. The first-order valence-corrected chi connectivity index (χ1v) is 9.70. The van der Waals surface area contributed by atoms with Crippen LogP contribution in [-0.4, -0.2) is 78.1 Å². The molecule has 3 aromatic rings. The van der Waals surface area contributed by atoms with E-state index in [1.54, 1.807) is 35.3 Å². The number of carbonyl (C=O) groups is 1. The molecule has 164 valence electrons. The maximum atomic E-state index is 13.1. The molecule has 0 radical (unpaired) electrons. The Labute approximate surface area is 178 Å². The number of benzene rings is 1. The normalized spacial score (nSPS) is 12.5. The molecule has 0 aliphatic heterocycles. The number of carbonyl (C=O) groups excluding carboxylic acids is 1. The number of aliphatic hydroxyl groups excluding tert-OH is 2. The van der Waals surface area contributed by atoms with Crippen LogP contribution < -0.4 is 5.32 Å². The molecule has 10 heteroatoms. The van der Waals surface area contributed by atoms with Crippen LogP contribution in [0.25, 0.3) is 22.9 Å². The molecule has 2 aromatic heterocycles. The Morgan fingerprint density at radius 2 is 2.00 bits per heavy atom. The molecule has 0 saturated heterocycles. The number of hydrogen-bond donors (Lipinski definition) is 5. The lowest BCUT2D eigenvalue weighted by atomic mass is 10.1. The molecule has 31 heavy (non-hydrogen) atoms. The minimum absolute atomic E-state index is 0.0717. The summed E-state index contributed by atoms with van der Waals surface area (Å²) in [6.07, 6.45) is 4.59. The molecule has 0 spiro atoms. The van der Waals surface area contributed by atoms with Crippen LogP contribution in [0.3, 0.4) is 0 Å². The number of hydroxylamine groups is 2. The van der Waals surface area contributed by atoms with Gasteiger partial charge in [-0.3, -0.25) is 9.36 Å². The van der Waals surface area contributed by atoms with Gasteiger partial charge in [0.15, 0.2) is 6.29 Å². The van der Waals surface area contributed by atoms with E-state index in [4.69, 9.17) is 5.11 Å². The van der Waals surface area contributed by atoms with E-state index < -0.39 is 18.2 Å². The highest BCUT2D eigenvalue weighted by Gasteiger charge is 2.23. The van der Waals surface area contributed by atoms with Gasteiger partial charge in [-0.1, -0.05) is 24.8 Å². The number of nitrogens with one attached hydrogen (secondary N) is 1. The zero-order valence-corrected chi connectivity index (χ0v) is 16.8. The summed E-state index contributed by atoms with van der Waals surface area (Å²) >= 11 is 0. The van der Waals surface area contributed by atoms with Gasteiger partial charge in [-0.25, -0.2) is 9.97 Å². The predicted octanol–water partition coefficient (Wildman–Crippen LogP) is 0.546. The summed E-state index contributed by atoms with van der Waals surface area (Å²) in [5, 5.41) is 41.7. The van der Waals surface area contributed by atoms with E-state index in [2.05, 4.69) is 21.9 Å². The third-order valence-corrected chi connectivity index (χ3v) is 4.83. The van der Waals surface area contributed by atoms with Crippen molar-refractivity contribution in [1.82, 2.24) is 24.9 Å². The third kappa shape index (κ3) is 5.13. The van der Waals surface area contributed by atoms with Crippen LogP contribution >= 0.6 is 0 Å². The van der Waals surface area contributed by atoms with Gasteiger partial charge < -0.3 is 25.8 Å². The first kappa shape index (κ1) is 22.5. The summed E-state index contributed by atoms with van der Waals surface area (Å²) in [6, 6.07) is 6.42. The lowest BCUT2D eigenvalue weighted by Crippen LogP contribution is -2.45. The molecule has 1 amide bonds. The highest BCUT2D eigenvalue weighted by molar-refractivity contribution is 6.10. The van der Waals surface area contributed by atoms with Gasteiger partial charge in [0.05, 0.1) is 23.7 Å². The minimum Gasteiger partial charge on any atom is -0.395 e. The Kier molecular flexibility index (Phi) is 7.45. The van der Waals surface area contributed by atoms with Gasteiger partial charge in [0.2, 0.25) is 5.95 Å². The van der Waals surface area contributed by atoms with Crippen molar-refractivity contribution in [1.29, 1.82) is 0 Å². The van der Waals surface area contributed by atoms with Crippen molar-refractivity contribution >= 4 is 22.9 Å². The molecule has 0 bridgehead atoms. The lowest BCUT2D eigenvalue weighted by molar-refractivity contribution is -0.156. The van der Waals surface area contributed by atoms with Crippen molar-refractivity contribution in [3.8, 4) is 5.95 Å². The number of rotatable bonds is 10. The molecule has 5 N–H and O–H groups in total. The second kappa shape index (κ2) is 10.2. The van der Waals surface area contributed by atoms with Crippen LogP contribution in [0.5, 0.6) is 0 Å². The van der Waals surface area contributed by atoms with Gasteiger partial charge in [0.25, 0.3) is 5.91 Å². The Morgan fingerprint density at radius 3 is 2.65 bits per heavy atom. The summed E-state index contributed by atoms with van der Waals surface area (Å²) in [6.45, 7) is 3.33. The largest absolute Gasteiger partial charge is 0.395 e. The molecule has 10 nitrogen and oxygen atoms in total. The molecule has 1 atom stereocenters. The molecule has 0 aliphatic rings. The molecule has 1 unspecified atom stereocenters. The first-order valence-electron chi connectivity index (χ1n) is 9.70. The number of hydrogen-bond acceptors (Lipinski definition) is 8. The Hall–Kier alpha value is -3.15. The number of aliphatic hydroxyl groups is 3. The van der Waals surface area contributed by atoms with Gasteiger partial charge in [-0.05, 0) is 17.7 Å². The van der Waals surface area contributed by atoms with E-state index in [9.17, 15) is 20.2 Å². The lowest BCUT2D eigenvalue weighted by Gasteiger charge is -2.26. The van der Waals surface area contributed by atoms with Crippen LogP contribution in [0.15, 0.2) is 49.4 Å². The summed E-state index contributed by atoms with van der Waals surface area (Å²) in [7, 11) is 0. The number of nitrogens with zero attached hydrogens (tertiary/aromatic N) is 4. The van der Waals surface area contributed by atoms with Crippen LogP contribution in [0.4, 0.5) is 0 Å². The minimum atomic E-state index is -1.68. The zero-order chi connectivity index (χ0) is 22.4. The van der Waals surface area contributed by atoms with Gasteiger partial charge in [-0.15, -0.1) is 0 Å². The fourth-order valence-electron chi connectivity index (χ4n) is 3.38. The Morgan fingerprint density at radius 1 is 1.26 bits per heavy atom. The Balaban J connectivity index is 1.94. The SMILES string of the molecule is C=Cc1cccc2c1c(C(=O)NCC(CC(O)O)N(O)CCO)cn2-c1ncccn1. The van der Waals surface area contributed by atoms with Crippen molar-refractivity contribution in [2.75, 3.05) is 19.7 Å². The second-order valence-corrected chi connectivity index (χ2v) is 6.87. The summed E-state index contributed by atoms with van der Waals surface area (Å²) in [5.41, 5.74) is 1.83. The molecular formula is C21H25N5O5. The zero-order valence-electron chi connectivity index (χ0n) is 16.8. The van der Waals surface area contributed by atoms with Gasteiger partial charge in [0.1, 0.15) is 0 Å². The van der Waals surface area contributed by atoms with Crippen LogP contribution in [-0.2, 0) is 0 Å². The van der Waals surface area contributed by atoms with Crippen molar-refractivity contribution < 1.29 is 25.3 Å². The van der Waals surface area contributed by atoms with Crippen molar-refractivity contribution in [3.63, 3.8) is 0 Å². The van der Waals surface area contributed by atoms with E-state index in [-0.39, 0.29) is 26.1 Å². The first-order chi connectivity index (χ1) is 15.0. The van der Waals surface area contributed by atoms with E-state index in [1.807, 2.05) is 18.2 Å².